The number of methoxy groups -OCH3 is 2. The Balaban J connectivity index is 1.71. The Hall–Kier alpha value is -2.52. The zero-order chi connectivity index (χ0) is 18.1. The van der Waals surface area contributed by atoms with Crippen LogP contribution in [0, 0.1) is 0 Å². The van der Waals surface area contributed by atoms with E-state index in [1.54, 1.807) is 14.2 Å². The summed E-state index contributed by atoms with van der Waals surface area (Å²) in [5.41, 5.74) is 4.08. The fraction of sp³-hybridized carbons (Fsp3) is 0.304. The Labute approximate surface area is 155 Å². The number of hydrogen-bond acceptors (Lipinski definition) is 3. The molecule has 0 aliphatic carbocycles. The van der Waals surface area contributed by atoms with Crippen molar-refractivity contribution in [3.8, 4) is 11.5 Å². The lowest BCUT2D eigenvalue weighted by molar-refractivity contribution is 0.228. The Bertz CT molecular complexity index is 935. The molecule has 0 spiro atoms. The summed E-state index contributed by atoms with van der Waals surface area (Å²) in [4.78, 5) is 2.45. The average Bonchev–Trinajstić information content (AvgIpc) is 2.69. The molecule has 134 valence electrons. The minimum absolute atomic E-state index is 0.347. The summed E-state index contributed by atoms with van der Waals surface area (Å²) in [7, 11) is 5.62. The van der Waals surface area contributed by atoms with Crippen LogP contribution in [-0.2, 0) is 12.8 Å². The summed E-state index contributed by atoms with van der Waals surface area (Å²) < 4.78 is 11.0. The SMILES string of the molecule is COc1cc2c(cc1OC)C(Cc1ccc3ccccc3c1)N(C)CC2. The maximum atomic E-state index is 5.55. The zero-order valence-electron chi connectivity index (χ0n) is 15.7. The molecule has 0 N–H and O–H groups in total. The molecule has 1 heterocycles. The summed E-state index contributed by atoms with van der Waals surface area (Å²) in [5, 5.41) is 2.59. The predicted molar refractivity (Wildman–Crippen MR) is 106 cm³/mol. The molecule has 0 bridgehead atoms. The van der Waals surface area contributed by atoms with E-state index >= 15 is 0 Å². The number of ether oxygens (including phenoxy) is 2. The first kappa shape index (κ1) is 16.9. The fourth-order valence-electron chi connectivity index (χ4n) is 4.01. The van der Waals surface area contributed by atoms with Crippen molar-refractivity contribution >= 4 is 10.8 Å². The van der Waals surface area contributed by atoms with Gasteiger partial charge in [0.05, 0.1) is 14.2 Å². The molecule has 1 unspecified atom stereocenters. The third-order valence-corrected chi connectivity index (χ3v) is 5.51. The van der Waals surface area contributed by atoms with E-state index in [0.29, 0.717) is 6.04 Å². The van der Waals surface area contributed by atoms with Crippen LogP contribution in [0.4, 0.5) is 0 Å². The van der Waals surface area contributed by atoms with Crippen LogP contribution in [0.5, 0.6) is 11.5 Å². The van der Waals surface area contributed by atoms with Crippen molar-refractivity contribution in [1.82, 2.24) is 4.90 Å². The van der Waals surface area contributed by atoms with E-state index in [-0.39, 0.29) is 0 Å². The zero-order valence-corrected chi connectivity index (χ0v) is 15.7. The lowest BCUT2D eigenvalue weighted by atomic mass is 9.88. The van der Waals surface area contributed by atoms with E-state index < -0.39 is 0 Å². The molecule has 3 nitrogen and oxygen atoms in total. The van der Waals surface area contributed by atoms with Gasteiger partial charge < -0.3 is 9.47 Å². The Morgan fingerprint density at radius 2 is 1.65 bits per heavy atom. The molecular weight excluding hydrogens is 322 g/mol. The molecule has 4 rings (SSSR count). The summed E-state index contributed by atoms with van der Waals surface area (Å²) in [6, 6.07) is 20.0. The van der Waals surface area contributed by atoms with Gasteiger partial charge >= 0.3 is 0 Å². The number of rotatable bonds is 4. The quantitative estimate of drug-likeness (QED) is 0.687. The van der Waals surface area contributed by atoms with Gasteiger partial charge in [-0.05, 0) is 59.5 Å². The highest BCUT2D eigenvalue weighted by Crippen LogP contribution is 2.39. The van der Waals surface area contributed by atoms with Crippen molar-refractivity contribution in [3.63, 3.8) is 0 Å². The molecule has 3 heteroatoms. The second-order valence-electron chi connectivity index (χ2n) is 7.04. The van der Waals surface area contributed by atoms with Gasteiger partial charge in [-0.15, -0.1) is 0 Å². The smallest absolute Gasteiger partial charge is 0.161 e. The van der Waals surface area contributed by atoms with Crippen molar-refractivity contribution < 1.29 is 9.47 Å². The maximum Gasteiger partial charge on any atom is 0.161 e. The van der Waals surface area contributed by atoms with Crippen molar-refractivity contribution in [3.05, 3.63) is 71.3 Å². The Kier molecular flexibility index (Phi) is 4.56. The van der Waals surface area contributed by atoms with Crippen LogP contribution in [0.3, 0.4) is 0 Å². The van der Waals surface area contributed by atoms with Crippen LogP contribution >= 0.6 is 0 Å². The lowest BCUT2D eigenvalue weighted by Crippen LogP contribution is -2.33. The number of nitrogens with zero attached hydrogens (tertiary/aromatic N) is 1. The Morgan fingerprint density at radius 3 is 2.42 bits per heavy atom. The van der Waals surface area contributed by atoms with Crippen molar-refractivity contribution in [2.24, 2.45) is 0 Å². The largest absolute Gasteiger partial charge is 0.493 e. The van der Waals surface area contributed by atoms with E-state index in [4.69, 9.17) is 9.47 Å². The molecule has 0 fully saturated rings. The van der Waals surface area contributed by atoms with Crippen LogP contribution in [0.15, 0.2) is 54.6 Å². The molecule has 26 heavy (non-hydrogen) atoms. The van der Waals surface area contributed by atoms with Gasteiger partial charge in [0.25, 0.3) is 0 Å². The first-order valence-electron chi connectivity index (χ1n) is 9.12. The van der Waals surface area contributed by atoms with E-state index in [1.807, 2.05) is 0 Å². The van der Waals surface area contributed by atoms with Gasteiger partial charge in [0, 0.05) is 12.6 Å². The van der Waals surface area contributed by atoms with Crippen molar-refractivity contribution in [2.75, 3.05) is 27.8 Å². The molecule has 0 aromatic heterocycles. The normalized spacial score (nSPS) is 17.1. The summed E-state index contributed by atoms with van der Waals surface area (Å²) in [6.07, 6.45) is 2.03. The second-order valence-corrected chi connectivity index (χ2v) is 7.04. The first-order chi connectivity index (χ1) is 12.7. The first-order valence-corrected chi connectivity index (χ1v) is 9.12. The van der Waals surface area contributed by atoms with Crippen LogP contribution < -0.4 is 9.47 Å². The molecule has 1 aliphatic heterocycles. The summed E-state index contributed by atoms with van der Waals surface area (Å²) in [6.45, 7) is 1.06. The monoisotopic (exact) mass is 347 g/mol. The topological polar surface area (TPSA) is 21.7 Å². The number of benzene rings is 3. The van der Waals surface area contributed by atoms with E-state index in [1.165, 1.54) is 27.5 Å². The fourth-order valence-corrected chi connectivity index (χ4v) is 4.01. The van der Waals surface area contributed by atoms with Gasteiger partial charge in [-0.2, -0.15) is 0 Å². The lowest BCUT2D eigenvalue weighted by Gasteiger charge is -2.35. The highest BCUT2D eigenvalue weighted by molar-refractivity contribution is 5.83. The van der Waals surface area contributed by atoms with Crippen LogP contribution in [-0.4, -0.2) is 32.7 Å². The molecule has 1 aliphatic rings. The van der Waals surface area contributed by atoms with Gasteiger partial charge in [-0.3, -0.25) is 4.90 Å². The molecule has 0 radical (unpaired) electrons. The highest BCUT2D eigenvalue weighted by atomic mass is 16.5. The number of hydrogen-bond donors (Lipinski definition) is 0. The van der Waals surface area contributed by atoms with Crippen LogP contribution in [0.25, 0.3) is 10.8 Å². The van der Waals surface area contributed by atoms with Crippen LogP contribution in [0.1, 0.15) is 22.7 Å². The van der Waals surface area contributed by atoms with E-state index in [0.717, 1.165) is 30.9 Å². The number of fused-ring (bicyclic) bond motifs is 2. The molecule has 0 saturated heterocycles. The minimum Gasteiger partial charge on any atom is -0.493 e. The Morgan fingerprint density at radius 1 is 0.923 bits per heavy atom. The van der Waals surface area contributed by atoms with Crippen molar-refractivity contribution in [2.45, 2.75) is 18.9 Å². The molecular formula is C23H25NO2. The van der Waals surface area contributed by atoms with Gasteiger partial charge in [-0.25, -0.2) is 0 Å². The summed E-state index contributed by atoms with van der Waals surface area (Å²) in [5.74, 6) is 1.63. The predicted octanol–water partition coefficient (Wildman–Crippen LogP) is 4.63. The van der Waals surface area contributed by atoms with E-state index in [9.17, 15) is 0 Å². The third-order valence-electron chi connectivity index (χ3n) is 5.51. The average molecular weight is 347 g/mol. The van der Waals surface area contributed by atoms with Gasteiger partial charge in [0.15, 0.2) is 11.5 Å². The van der Waals surface area contributed by atoms with Gasteiger partial charge in [0.1, 0.15) is 0 Å². The van der Waals surface area contributed by atoms with E-state index in [2.05, 4.69) is 66.5 Å². The van der Waals surface area contributed by atoms with Gasteiger partial charge in [-0.1, -0.05) is 42.5 Å². The van der Waals surface area contributed by atoms with Crippen LogP contribution in [0.2, 0.25) is 0 Å². The number of likely N-dealkylation sites (N-methyl/N-ethyl adjacent to an activating group) is 1. The molecule has 0 amide bonds. The second kappa shape index (κ2) is 7.00. The van der Waals surface area contributed by atoms with Gasteiger partial charge in [0.2, 0.25) is 0 Å². The summed E-state index contributed by atoms with van der Waals surface area (Å²) >= 11 is 0. The standard InChI is InChI=1S/C23H25NO2/c1-24-11-10-19-14-22(25-2)23(26-3)15-20(19)21(24)13-16-8-9-17-6-4-5-7-18(17)12-16/h4-9,12,14-15,21H,10-11,13H2,1-3H3. The highest BCUT2D eigenvalue weighted by Gasteiger charge is 2.27. The third kappa shape index (κ3) is 3.04. The minimum atomic E-state index is 0.347. The molecule has 3 aromatic rings. The molecule has 3 aromatic carbocycles. The van der Waals surface area contributed by atoms with Crippen molar-refractivity contribution in [1.29, 1.82) is 0 Å². The molecule has 0 saturated carbocycles. The maximum absolute atomic E-state index is 5.55. The molecule has 1 atom stereocenters.